The van der Waals surface area contributed by atoms with Gasteiger partial charge < -0.3 is 15.8 Å². The van der Waals surface area contributed by atoms with Crippen molar-refractivity contribution < 1.29 is 17.9 Å². The molecule has 2 aromatic carbocycles. The number of aliphatic imine (C=N–C) groups is 1. The van der Waals surface area contributed by atoms with Crippen LogP contribution in [0.1, 0.15) is 5.56 Å². The van der Waals surface area contributed by atoms with Gasteiger partial charge in [0, 0.05) is 12.4 Å². The molecular weight excluding hydrogens is 486 g/mol. The average molecular weight is 503 g/mol. The van der Waals surface area contributed by atoms with E-state index in [1.165, 1.54) is 18.2 Å². The molecule has 0 saturated heterocycles. The molecule has 0 bridgehead atoms. The minimum Gasteiger partial charge on any atom is -0.404 e. The summed E-state index contributed by atoms with van der Waals surface area (Å²) in [6.07, 6.45) is -1.28. The maximum Gasteiger partial charge on any atom is 0.573 e. The molecule has 28 heavy (non-hydrogen) atoms. The fourth-order valence-corrected chi connectivity index (χ4v) is 2.31. The first kappa shape index (κ1) is 21.5. The van der Waals surface area contributed by atoms with Gasteiger partial charge in [-0.05, 0) is 35.9 Å². The second-order valence-electron chi connectivity index (χ2n) is 5.49. The molecule has 3 rings (SSSR count). The second kappa shape index (κ2) is 9.44. The highest BCUT2D eigenvalue weighted by Gasteiger charge is 2.32. The van der Waals surface area contributed by atoms with Gasteiger partial charge >= 0.3 is 6.36 Å². The molecule has 1 heterocycles. The number of para-hydroxylation sites is 2. The van der Waals surface area contributed by atoms with Gasteiger partial charge in [0.1, 0.15) is 0 Å². The van der Waals surface area contributed by atoms with E-state index in [0.717, 1.165) is 11.3 Å². The first-order chi connectivity index (χ1) is 12.9. The van der Waals surface area contributed by atoms with Crippen LogP contribution in [0.2, 0.25) is 0 Å². The molecule has 0 fully saturated rings. The normalized spacial score (nSPS) is 11.6. The van der Waals surface area contributed by atoms with Crippen molar-refractivity contribution in [2.75, 3.05) is 5.32 Å². The summed E-state index contributed by atoms with van der Waals surface area (Å²) in [5.41, 5.74) is 7.64. The first-order valence-electron chi connectivity index (χ1n) is 7.91. The molecule has 10 heteroatoms. The highest BCUT2D eigenvalue weighted by Crippen LogP contribution is 2.29. The number of guanidine groups is 1. The topological polar surface area (TPSA) is 77.5 Å². The quantitative estimate of drug-likeness (QED) is 0.309. The van der Waals surface area contributed by atoms with Crippen LogP contribution in [0.25, 0.3) is 5.69 Å². The van der Waals surface area contributed by atoms with Crippen LogP contribution >= 0.6 is 24.0 Å². The second-order valence-corrected chi connectivity index (χ2v) is 5.49. The van der Waals surface area contributed by atoms with Gasteiger partial charge in [-0.15, -0.1) is 37.1 Å². The fraction of sp³-hybridized carbons (Fsp3) is 0.111. The van der Waals surface area contributed by atoms with E-state index in [4.69, 9.17) is 5.73 Å². The monoisotopic (exact) mass is 503 g/mol. The molecule has 6 nitrogen and oxygen atoms in total. The largest absolute Gasteiger partial charge is 0.573 e. The highest BCUT2D eigenvalue weighted by atomic mass is 127. The number of nitrogens with two attached hydrogens (primary N) is 1. The van der Waals surface area contributed by atoms with Gasteiger partial charge in [-0.25, -0.2) is 9.67 Å². The van der Waals surface area contributed by atoms with E-state index in [1.807, 2.05) is 36.5 Å². The van der Waals surface area contributed by atoms with Crippen molar-refractivity contribution in [3.8, 4) is 11.4 Å². The summed E-state index contributed by atoms with van der Waals surface area (Å²) in [6, 6.07) is 14.9. The average Bonchev–Trinajstić information content (AvgIpc) is 3.16. The molecule has 0 aliphatic rings. The Morgan fingerprint density at radius 1 is 1.11 bits per heavy atom. The van der Waals surface area contributed by atoms with Crippen molar-refractivity contribution in [3.63, 3.8) is 0 Å². The zero-order valence-corrected chi connectivity index (χ0v) is 16.8. The third kappa shape index (κ3) is 6.15. The molecule has 0 unspecified atom stereocenters. The van der Waals surface area contributed by atoms with E-state index in [-0.39, 0.29) is 47.9 Å². The smallest absolute Gasteiger partial charge is 0.404 e. The van der Waals surface area contributed by atoms with Crippen LogP contribution in [0.3, 0.4) is 0 Å². The molecule has 3 N–H and O–H groups in total. The van der Waals surface area contributed by atoms with Gasteiger partial charge in [0.15, 0.2) is 11.7 Å². The van der Waals surface area contributed by atoms with Crippen molar-refractivity contribution in [2.45, 2.75) is 12.9 Å². The Bertz CT molecular complexity index is 912. The minimum absolute atomic E-state index is 0. The predicted octanol–water partition coefficient (Wildman–Crippen LogP) is 4.32. The third-order valence-corrected chi connectivity index (χ3v) is 3.51. The molecule has 0 amide bonds. The van der Waals surface area contributed by atoms with E-state index in [2.05, 4.69) is 20.1 Å². The van der Waals surface area contributed by atoms with Gasteiger partial charge in [0.25, 0.3) is 0 Å². The van der Waals surface area contributed by atoms with Gasteiger partial charge in [-0.1, -0.05) is 24.3 Å². The Labute approximate surface area is 176 Å². The molecule has 0 aliphatic carbocycles. The van der Waals surface area contributed by atoms with Crippen LogP contribution in [0, 0.1) is 0 Å². The predicted molar refractivity (Wildman–Crippen MR) is 111 cm³/mol. The number of rotatable bonds is 5. The van der Waals surface area contributed by atoms with Gasteiger partial charge in [0.2, 0.25) is 0 Å². The number of nitrogens with one attached hydrogen (secondary N) is 1. The van der Waals surface area contributed by atoms with Crippen LogP contribution < -0.4 is 15.8 Å². The summed E-state index contributed by atoms with van der Waals surface area (Å²) in [5.74, 6) is -0.406. The summed E-state index contributed by atoms with van der Waals surface area (Å²) in [6.45, 7) is 0.264. The Morgan fingerprint density at radius 3 is 2.46 bits per heavy atom. The Balaban J connectivity index is 0.00000280. The number of ether oxygens (including phenoxy) is 1. The van der Waals surface area contributed by atoms with E-state index >= 15 is 0 Å². The van der Waals surface area contributed by atoms with Crippen LogP contribution in [0.15, 0.2) is 72.0 Å². The molecular formula is C18H17F3IN5O. The van der Waals surface area contributed by atoms with Crippen molar-refractivity contribution in [1.29, 1.82) is 0 Å². The van der Waals surface area contributed by atoms with Crippen molar-refractivity contribution in [1.82, 2.24) is 9.78 Å². The van der Waals surface area contributed by atoms with Crippen molar-refractivity contribution >= 4 is 35.6 Å². The molecule has 0 spiro atoms. The maximum absolute atomic E-state index is 12.4. The Hall–Kier alpha value is -2.76. The third-order valence-electron chi connectivity index (χ3n) is 3.51. The molecule has 3 aromatic rings. The van der Waals surface area contributed by atoms with E-state index in [9.17, 15) is 13.2 Å². The molecule has 0 atom stereocenters. The van der Waals surface area contributed by atoms with E-state index < -0.39 is 6.36 Å². The zero-order chi connectivity index (χ0) is 19.3. The fourth-order valence-electron chi connectivity index (χ4n) is 2.31. The number of benzene rings is 2. The van der Waals surface area contributed by atoms with Crippen LogP contribution in [-0.4, -0.2) is 22.1 Å². The minimum atomic E-state index is -4.79. The summed E-state index contributed by atoms with van der Waals surface area (Å²) < 4.78 is 43.0. The molecule has 0 aliphatic heterocycles. The lowest BCUT2D eigenvalue weighted by atomic mass is 10.2. The number of aromatic nitrogens is 2. The summed E-state index contributed by atoms with van der Waals surface area (Å²) in [5, 5.41) is 6.76. The lowest BCUT2D eigenvalue weighted by Gasteiger charge is -2.14. The Morgan fingerprint density at radius 2 is 1.82 bits per heavy atom. The highest BCUT2D eigenvalue weighted by molar-refractivity contribution is 14.0. The molecule has 0 radical (unpaired) electrons. The summed E-state index contributed by atoms with van der Waals surface area (Å²) >= 11 is 0. The van der Waals surface area contributed by atoms with Crippen molar-refractivity contribution in [3.05, 3.63) is 72.6 Å². The Kier molecular flexibility index (Phi) is 7.26. The molecule has 1 aromatic heterocycles. The molecule has 148 valence electrons. The van der Waals surface area contributed by atoms with E-state index in [1.54, 1.807) is 16.9 Å². The number of anilines is 1. The lowest BCUT2D eigenvalue weighted by molar-refractivity contribution is -0.274. The van der Waals surface area contributed by atoms with Gasteiger partial charge in [-0.2, -0.15) is 5.10 Å². The first-order valence-corrected chi connectivity index (χ1v) is 7.91. The van der Waals surface area contributed by atoms with Crippen LogP contribution in [0.4, 0.5) is 18.9 Å². The van der Waals surface area contributed by atoms with Gasteiger partial charge in [-0.3, -0.25) is 0 Å². The zero-order valence-electron chi connectivity index (χ0n) is 14.4. The maximum atomic E-state index is 12.4. The number of hydrogen-bond donors (Lipinski definition) is 2. The SMILES string of the molecule is I.NC(=NCc1ccc(-n2cccn2)cc1)Nc1ccccc1OC(F)(F)F. The lowest BCUT2D eigenvalue weighted by Crippen LogP contribution is -2.24. The standard InChI is InChI=1S/C18H16F3N5O.HI/c19-18(20,21)27-16-5-2-1-4-15(16)25-17(22)23-12-13-6-8-14(9-7-13)26-11-3-10-24-26;/h1-11H,12H2,(H3,22,23,25);1H. The number of hydrogen-bond acceptors (Lipinski definition) is 3. The number of nitrogens with zero attached hydrogens (tertiary/aromatic N) is 3. The summed E-state index contributed by atoms with van der Waals surface area (Å²) in [4.78, 5) is 4.14. The summed E-state index contributed by atoms with van der Waals surface area (Å²) in [7, 11) is 0. The van der Waals surface area contributed by atoms with Gasteiger partial charge in [0.05, 0.1) is 17.9 Å². The van der Waals surface area contributed by atoms with Crippen LogP contribution in [0.5, 0.6) is 5.75 Å². The number of alkyl halides is 3. The molecule has 0 saturated carbocycles. The number of halogens is 4. The van der Waals surface area contributed by atoms with Crippen molar-refractivity contribution in [2.24, 2.45) is 10.7 Å². The van der Waals surface area contributed by atoms with E-state index in [0.29, 0.717) is 0 Å². The van der Waals surface area contributed by atoms with Crippen LogP contribution in [-0.2, 0) is 6.54 Å².